The summed E-state index contributed by atoms with van der Waals surface area (Å²) in [6.45, 7) is 3.93. The summed E-state index contributed by atoms with van der Waals surface area (Å²) in [5.74, 6) is -0.284. The molecule has 5 nitrogen and oxygen atoms in total. The van der Waals surface area contributed by atoms with E-state index in [0.717, 1.165) is 22.0 Å². The second-order valence-electron chi connectivity index (χ2n) is 4.78. The minimum absolute atomic E-state index is 0.284. The summed E-state index contributed by atoms with van der Waals surface area (Å²) >= 11 is 7.37. The van der Waals surface area contributed by atoms with Crippen molar-refractivity contribution in [2.75, 3.05) is 0 Å². The molecule has 2 aromatic heterocycles. The average Bonchev–Trinajstić information content (AvgIpc) is 3.00. The highest BCUT2D eigenvalue weighted by Crippen LogP contribution is 2.19. The Morgan fingerprint density at radius 2 is 2.09 bits per heavy atom. The molecule has 0 unspecified atom stereocenters. The van der Waals surface area contributed by atoms with Gasteiger partial charge in [-0.15, -0.1) is 11.3 Å². The van der Waals surface area contributed by atoms with Crippen LogP contribution in [0.5, 0.6) is 0 Å². The zero-order valence-electron chi connectivity index (χ0n) is 12.0. The summed E-state index contributed by atoms with van der Waals surface area (Å²) in [4.78, 5) is 17.3. The second-order valence-corrected chi connectivity index (χ2v) is 6.06. The molecule has 0 spiro atoms. The highest BCUT2D eigenvalue weighted by atomic mass is 35.5. The zero-order chi connectivity index (χ0) is 15.7. The Kier molecular flexibility index (Phi) is 3.96. The molecule has 0 fully saturated rings. The minimum Gasteiger partial charge on any atom is -0.286 e. The first-order valence-electron chi connectivity index (χ1n) is 6.58. The lowest BCUT2D eigenvalue weighted by atomic mass is 10.2. The SMILES string of the molecule is Cc1nc2scc(C)n2c1/C=N\NC(=O)c1ccc(Cl)cc1. The van der Waals surface area contributed by atoms with Crippen molar-refractivity contribution >= 4 is 40.0 Å². The predicted octanol–water partition coefficient (Wildman–Crippen LogP) is 3.43. The first-order valence-corrected chi connectivity index (χ1v) is 7.84. The summed E-state index contributed by atoms with van der Waals surface area (Å²) in [6, 6.07) is 6.64. The largest absolute Gasteiger partial charge is 0.286 e. The van der Waals surface area contributed by atoms with Crippen LogP contribution in [0.1, 0.15) is 27.4 Å². The number of aromatic nitrogens is 2. The summed E-state index contributed by atoms with van der Waals surface area (Å²) in [7, 11) is 0. The van der Waals surface area contributed by atoms with E-state index in [-0.39, 0.29) is 5.91 Å². The van der Waals surface area contributed by atoms with Gasteiger partial charge in [0.2, 0.25) is 0 Å². The van der Waals surface area contributed by atoms with Crippen LogP contribution in [0.25, 0.3) is 4.96 Å². The molecule has 0 bridgehead atoms. The number of halogens is 1. The van der Waals surface area contributed by atoms with Gasteiger partial charge in [-0.25, -0.2) is 10.4 Å². The van der Waals surface area contributed by atoms with Crippen molar-refractivity contribution < 1.29 is 4.79 Å². The number of benzene rings is 1. The van der Waals surface area contributed by atoms with E-state index >= 15 is 0 Å². The van der Waals surface area contributed by atoms with Gasteiger partial charge in [-0.05, 0) is 38.1 Å². The van der Waals surface area contributed by atoms with Crippen LogP contribution in [0.15, 0.2) is 34.7 Å². The number of hydrazone groups is 1. The van der Waals surface area contributed by atoms with Crippen molar-refractivity contribution in [2.24, 2.45) is 5.10 Å². The Hall–Kier alpha value is -2.18. The van der Waals surface area contributed by atoms with Gasteiger partial charge in [-0.2, -0.15) is 5.10 Å². The van der Waals surface area contributed by atoms with E-state index in [1.807, 2.05) is 23.6 Å². The number of amides is 1. The lowest BCUT2D eigenvalue weighted by Gasteiger charge is -2.00. The molecule has 0 aliphatic heterocycles. The highest BCUT2D eigenvalue weighted by molar-refractivity contribution is 7.15. The van der Waals surface area contributed by atoms with E-state index in [0.29, 0.717) is 10.6 Å². The van der Waals surface area contributed by atoms with Gasteiger partial charge in [0, 0.05) is 21.7 Å². The Morgan fingerprint density at radius 1 is 1.36 bits per heavy atom. The molecule has 1 amide bonds. The maximum Gasteiger partial charge on any atom is 0.271 e. The van der Waals surface area contributed by atoms with Crippen LogP contribution in [0, 0.1) is 13.8 Å². The van der Waals surface area contributed by atoms with Crippen LogP contribution in [0.3, 0.4) is 0 Å². The van der Waals surface area contributed by atoms with E-state index in [2.05, 4.69) is 15.5 Å². The average molecular weight is 333 g/mol. The van der Waals surface area contributed by atoms with Gasteiger partial charge in [0.25, 0.3) is 5.91 Å². The molecule has 7 heteroatoms. The Balaban J connectivity index is 1.79. The number of hydrogen-bond donors (Lipinski definition) is 1. The molecule has 1 aromatic carbocycles. The molecule has 22 heavy (non-hydrogen) atoms. The van der Waals surface area contributed by atoms with E-state index in [4.69, 9.17) is 11.6 Å². The van der Waals surface area contributed by atoms with Crippen LogP contribution in [-0.2, 0) is 0 Å². The van der Waals surface area contributed by atoms with Gasteiger partial charge in [-0.3, -0.25) is 9.20 Å². The number of carbonyl (C=O) groups is 1. The van der Waals surface area contributed by atoms with Gasteiger partial charge in [0.15, 0.2) is 4.96 Å². The number of imidazole rings is 1. The third-order valence-corrected chi connectivity index (χ3v) is 4.41. The first kappa shape index (κ1) is 14.7. The van der Waals surface area contributed by atoms with Crippen molar-refractivity contribution in [2.45, 2.75) is 13.8 Å². The number of nitrogens with one attached hydrogen (secondary N) is 1. The summed E-state index contributed by atoms with van der Waals surface area (Å²) < 4.78 is 2.01. The normalized spacial score (nSPS) is 11.4. The molecule has 112 valence electrons. The van der Waals surface area contributed by atoms with Crippen LogP contribution in [0.4, 0.5) is 0 Å². The number of rotatable bonds is 3. The first-order chi connectivity index (χ1) is 10.6. The Labute approximate surface area is 136 Å². The van der Waals surface area contributed by atoms with E-state index < -0.39 is 0 Å². The standard InChI is InChI=1S/C15H13ClN4OS/c1-9-8-22-15-18-10(2)13(20(9)15)7-17-19-14(21)11-3-5-12(16)6-4-11/h3-8H,1-2H3,(H,19,21)/b17-7-. The lowest BCUT2D eigenvalue weighted by molar-refractivity contribution is 0.0955. The summed E-state index contributed by atoms with van der Waals surface area (Å²) in [5.41, 5.74) is 5.84. The number of fused-ring (bicyclic) bond motifs is 1. The fraction of sp³-hybridized carbons (Fsp3) is 0.133. The monoisotopic (exact) mass is 332 g/mol. The molecule has 0 radical (unpaired) electrons. The van der Waals surface area contributed by atoms with E-state index in [9.17, 15) is 4.79 Å². The van der Waals surface area contributed by atoms with Crippen molar-refractivity contribution in [3.63, 3.8) is 0 Å². The quantitative estimate of drug-likeness (QED) is 0.590. The molecule has 0 aliphatic carbocycles. The van der Waals surface area contributed by atoms with Crippen LogP contribution >= 0.6 is 22.9 Å². The van der Waals surface area contributed by atoms with Gasteiger partial charge >= 0.3 is 0 Å². The molecular formula is C15H13ClN4OS. The Morgan fingerprint density at radius 3 is 2.82 bits per heavy atom. The van der Waals surface area contributed by atoms with Crippen molar-refractivity contribution in [3.8, 4) is 0 Å². The van der Waals surface area contributed by atoms with Gasteiger partial charge in [0.1, 0.15) is 0 Å². The van der Waals surface area contributed by atoms with Crippen molar-refractivity contribution in [1.29, 1.82) is 0 Å². The number of thiazole rings is 1. The third-order valence-electron chi connectivity index (χ3n) is 3.21. The maximum absolute atomic E-state index is 12.0. The molecule has 0 saturated heterocycles. The summed E-state index contributed by atoms with van der Waals surface area (Å²) in [6.07, 6.45) is 1.61. The van der Waals surface area contributed by atoms with Crippen LogP contribution < -0.4 is 5.43 Å². The molecule has 0 atom stereocenters. The molecule has 3 rings (SSSR count). The fourth-order valence-corrected chi connectivity index (χ4v) is 3.14. The predicted molar refractivity (Wildman–Crippen MR) is 89.1 cm³/mol. The van der Waals surface area contributed by atoms with Crippen LogP contribution in [0.2, 0.25) is 5.02 Å². The van der Waals surface area contributed by atoms with Crippen molar-refractivity contribution in [1.82, 2.24) is 14.8 Å². The third kappa shape index (κ3) is 2.75. The number of carbonyl (C=O) groups excluding carboxylic acids is 1. The van der Waals surface area contributed by atoms with Crippen LogP contribution in [-0.4, -0.2) is 21.5 Å². The highest BCUT2D eigenvalue weighted by Gasteiger charge is 2.10. The molecule has 3 aromatic rings. The van der Waals surface area contributed by atoms with Gasteiger partial charge < -0.3 is 0 Å². The zero-order valence-corrected chi connectivity index (χ0v) is 13.6. The van der Waals surface area contributed by atoms with E-state index in [1.165, 1.54) is 0 Å². The smallest absolute Gasteiger partial charge is 0.271 e. The summed E-state index contributed by atoms with van der Waals surface area (Å²) in [5, 5.41) is 6.65. The number of hydrogen-bond acceptors (Lipinski definition) is 4. The van der Waals surface area contributed by atoms with Gasteiger partial charge in [0.05, 0.1) is 17.6 Å². The number of aryl methyl sites for hydroxylation is 2. The molecular weight excluding hydrogens is 320 g/mol. The molecule has 0 aliphatic rings. The molecule has 1 N–H and O–H groups in total. The molecule has 0 saturated carbocycles. The maximum atomic E-state index is 12.0. The lowest BCUT2D eigenvalue weighted by Crippen LogP contribution is -2.17. The van der Waals surface area contributed by atoms with E-state index in [1.54, 1.807) is 41.8 Å². The fourth-order valence-electron chi connectivity index (χ4n) is 2.10. The van der Waals surface area contributed by atoms with Gasteiger partial charge in [-0.1, -0.05) is 11.6 Å². The Bertz CT molecular complexity index is 864. The topological polar surface area (TPSA) is 58.8 Å². The molecule has 2 heterocycles. The second kappa shape index (κ2) is 5.90. The van der Waals surface area contributed by atoms with Crippen molar-refractivity contribution in [3.05, 3.63) is 57.3 Å². The minimum atomic E-state index is -0.284. The number of nitrogens with zero attached hydrogens (tertiary/aromatic N) is 3.